The predicted octanol–water partition coefficient (Wildman–Crippen LogP) is 1.10. The standard InChI is InChI=1S/C19H32N4O2/c1-14(2)19-20-7-15(8-21-19)9-23-11-16(17(12-23)13-24)10-22-5-3-18(25)4-6-22/h7-8,14,16-18,24-25H,3-6,9-13H2,1-2H3/t16-,17-/m1/s1. The predicted molar refractivity (Wildman–Crippen MR) is 97.1 cm³/mol. The molecule has 3 rings (SSSR count). The van der Waals surface area contributed by atoms with Gasteiger partial charge in [0.2, 0.25) is 0 Å². The van der Waals surface area contributed by atoms with E-state index in [2.05, 4.69) is 33.6 Å². The van der Waals surface area contributed by atoms with Crippen LogP contribution in [0.15, 0.2) is 12.4 Å². The first-order valence-electron chi connectivity index (χ1n) is 9.59. The molecule has 140 valence electrons. The van der Waals surface area contributed by atoms with Gasteiger partial charge in [-0.2, -0.15) is 0 Å². The van der Waals surface area contributed by atoms with E-state index in [0.717, 1.165) is 63.5 Å². The first kappa shape index (κ1) is 18.7. The van der Waals surface area contributed by atoms with Gasteiger partial charge in [0.15, 0.2) is 0 Å². The van der Waals surface area contributed by atoms with Crippen molar-refractivity contribution in [2.75, 3.05) is 39.3 Å². The van der Waals surface area contributed by atoms with Gasteiger partial charge in [0.25, 0.3) is 0 Å². The summed E-state index contributed by atoms with van der Waals surface area (Å²) in [5, 5.41) is 19.4. The summed E-state index contributed by atoms with van der Waals surface area (Å²) in [5.41, 5.74) is 1.14. The quantitative estimate of drug-likeness (QED) is 0.802. The highest BCUT2D eigenvalue weighted by Crippen LogP contribution is 2.26. The van der Waals surface area contributed by atoms with Crippen molar-refractivity contribution in [1.82, 2.24) is 19.8 Å². The van der Waals surface area contributed by atoms with E-state index < -0.39 is 0 Å². The van der Waals surface area contributed by atoms with Crippen LogP contribution in [0.3, 0.4) is 0 Å². The smallest absolute Gasteiger partial charge is 0.130 e. The van der Waals surface area contributed by atoms with Crippen LogP contribution in [0.1, 0.15) is 44.0 Å². The molecule has 6 nitrogen and oxygen atoms in total. The number of aliphatic hydroxyl groups is 2. The molecule has 0 aliphatic carbocycles. The molecular weight excluding hydrogens is 316 g/mol. The van der Waals surface area contributed by atoms with Gasteiger partial charge in [-0.15, -0.1) is 0 Å². The highest BCUT2D eigenvalue weighted by Gasteiger charge is 2.34. The lowest BCUT2D eigenvalue weighted by Crippen LogP contribution is -2.40. The Morgan fingerprint density at radius 3 is 2.32 bits per heavy atom. The summed E-state index contributed by atoms with van der Waals surface area (Å²) < 4.78 is 0. The van der Waals surface area contributed by atoms with Crippen LogP contribution in [0, 0.1) is 11.8 Å². The number of rotatable bonds is 6. The third-order valence-corrected chi connectivity index (χ3v) is 5.58. The molecule has 0 unspecified atom stereocenters. The number of aromatic nitrogens is 2. The number of nitrogens with zero attached hydrogens (tertiary/aromatic N) is 4. The maximum absolute atomic E-state index is 9.78. The zero-order valence-electron chi connectivity index (χ0n) is 15.5. The van der Waals surface area contributed by atoms with Crippen molar-refractivity contribution in [3.63, 3.8) is 0 Å². The summed E-state index contributed by atoms with van der Waals surface area (Å²) in [6.07, 6.45) is 5.50. The molecule has 2 fully saturated rings. The van der Waals surface area contributed by atoms with Gasteiger partial charge in [-0.1, -0.05) is 13.8 Å². The first-order chi connectivity index (χ1) is 12.0. The third-order valence-electron chi connectivity index (χ3n) is 5.58. The third kappa shape index (κ3) is 4.97. The van der Waals surface area contributed by atoms with E-state index in [4.69, 9.17) is 0 Å². The summed E-state index contributed by atoms with van der Waals surface area (Å²) >= 11 is 0. The minimum atomic E-state index is -0.126. The molecular formula is C19H32N4O2. The first-order valence-corrected chi connectivity index (χ1v) is 9.59. The summed E-state index contributed by atoms with van der Waals surface area (Å²) in [7, 11) is 0. The zero-order chi connectivity index (χ0) is 17.8. The van der Waals surface area contributed by atoms with Gasteiger partial charge in [0.05, 0.1) is 6.10 Å². The molecule has 6 heteroatoms. The van der Waals surface area contributed by atoms with Gasteiger partial charge in [0, 0.05) is 69.8 Å². The fraction of sp³-hybridized carbons (Fsp3) is 0.789. The Kier molecular flexibility index (Phi) is 6.39. The van der Waals surface area contributed by atoms with Crippen molar-refractivity contribution >= 4 is 0 Å². The largest absolute Gasteiger partial charge is 0.396 e. The molecule has 2 atom stereocenters. The van der Waals surface area contributed by atoms with Crippen LogP contribution < -0.4 is 0 Å². The number of hydrogen-bond donors (Lipinski definition) is 2. The SMILES string of the molecule is CC(C)c1ncc(CN2C[C@@H](CN3CCC(O)CC3)[C@@H](CO)C2)cn1. The van der Waals surface area contributed by atoms with E-state index in [1.165, 1.54) is 0 Å². The average Bonchev–Trinajstić information content (AvgIpc) is 2.99. The number of aliphatic hydroxyl groups excluding tert-OH is 2. The van der Waals surface area contributed by atoms with Crippen LogP contribution in [-0.4, -0.2) is 75.4 Å². The van der Waals surface area contributed by atoms with Crippen molar-refractivity contribution in [2.45, 2.75) is 45.3 Å². The van der Waals surface area contributed by atoms with E-state index in [9.17, 15) is 10.2 Å². The zero-order valence-corrected chi connectivity index (χ0v) is 15.5. The Morgan fingerprint density at radius 2 is 1.72 bits per heavy atom. The average molecular weight is 348 g/mol. The van der Waals surface area contributed by atoms with Gasteiger partial charge in [-0.3, -0.25) is 4.90 Å². The molecule has 25 heavy (non-hydrogen) atoms. The van der Waals surface area contributed by atoms with E-state index in [-0.39, 0.29) is 12.7 Å². The van der Waals surface area contributed by atoms with Crippen LogP contribution in [-0.2, 0) is 6.54 Å². The summed E-state index contributed by atoms with van der Waals surface area (Å²) in [5.74, 6) is 2.08. The molecule has 0 saturated carbocycles. The van der Waals surface area contributed by atoms with Crippen LogP contribution in [0.5, 0.6) is 0 Å². The molecule has 3 heterocycles. The van der Waals surface area contributed by atoms with Gasteiger partial charge in [0.1, 0.15) is 5.82 Å². The van der Waals surface area contributed by atoms with Crippen molar-refractivity contribution in [2.24, 2.45) is 11.8 Å². The molecule has 2 aliphatic rings. The van der Waals surface area contributed by atoms with Crippen molar-refractivity contribution in [1.29, 1.82) is 0 Å². The Labute approximate surface area is 150 Å². The highest BCUT2D eigenvalue weighted by molar-refractivity contribution is 5.07. The Bertz CT molecular complexity index is 529. The van der Waals surface area contributed by atoms with E-state index in [0.29, 0.717) is 17.8 Å². The van der Waals surface area contributed by atoms with Gasteiger partial charge in [-0.05, 0) is 24.7 Å². The molecule has 0 bridgehead atoms. The highest BCUT2D eigenvalue weighted by atomic mass is 16.3. The van der Waals surface area contributed by atoms with Crippen LogP contribution in [0.2, 0.25) is 0 Å². The summed E-state index contributed by atoms with van der Waals surface area (Å²) in [6, 6.07) is 0. The molecule has 1 aromatic heterocycles. The van der Waals surface area contributed by atoms with E-state index >= 15 is 0 Å². The minimum absolute atomic E-state index is 0.126. The minimum Gasteiger partial charge on any atom is -0.396 e. The summed E-state index contributed by atoms with van der Waals surface area (Å²) in [6.45, 7) is 10.2. The fourth-order valence-corrected chi connectivity index (χ4v) is 4.01. The number of likely N-dealkylation sites (tertiary alicyclic amines) is 2. The van der Waals surface area contributed by atoms with Gasteiger partial charge >= 0.3 is 0 Å². The van der Waals surface area contributed by atoms with E-state index in [1.807, 2.05) is 12.4 Å². The fourth-order valence-electron chi connectivity index (χ4n) is 4.01. The lowest BCUT2D eigenvalue weighted by molar-refractivity contribution is 0.0684. The molecule has 2 aliphatic heterocycles. The second-order valence-corrected chi connectivity index (χ2v) is 8.03. The Hall–Kier alpha value is -1.08. The van der Waals surface area contributed by atoms with Gasteiger partial charge < -0.3 is 15.1 Å². The lowest BCUT2D eigenvalue weighted by atomic mass is 9.95. The van der Waals surface area contributed by atoms with Crippen molar-refractivity contribution in [3.8, 4) is 0 Å². The molecule has 0 radical (unpaired) electrons. The molecule has 0 aromatic carbocycles. The molecule has 2 N–H and O–H groups in total. The molecule has 0 amide bonds. The lowest BCUT2D eigenvalue weighted by Gasteiger charge is -2.32. The Balaban J connectivity index is 1.53. The monoisotopic (exact) mass is 348 g/mol. The number of hydrogen-bond acceptors (Lipinski definition) is 6. The molecule has 1 aromatic rings. The number of piperidine rings is 1. The van der Waals surface area contributed by atoms with Crippen LogP contribution in [0.4, 0.5) is 0 Å². The second-order valence-electron chi connectivity index (χ2n) is 8.03. The van der Waals surface area contributed by atoms with Crippen molar-refractivity contribution in [3.05, 3.63) is 23.8 Å². The van der Waals surface area contributed by atoms with Crippen LogP contribution >= 0.6 is 0 Å². The maximum Gasteiger partial charge on any atom is 0.130 e. The normalized spacial score (nSPS) is 26.6. The summed E-state index contributed by atoms with van der Waals surface area (Å²) in [4.78, 5) is 13.8. The maximum atomic E-state index is 9.78. The van der Waals surface area contributed by atoms with E-state index in [1.54, 1.807) is 0 Å². The van der Waals surface area contributed by atoms with Crippen LogP contribution in [0.25, 0.3) is 0 Å². The molecule has 0 spiro atoms. The molecule has 2 saturated heterocycles. The van der Waals surface area contributed by atoms with Crippen molar-refractivity contribution < 1.29 is 10.2 Å². The topological polar surface area (TPSA) is 72.7 Å². The van der Waals surface area contributed by atoms with Gasteiger partial charge in [-0.25, -0.2) is 9.97 Å². The Morgan fingerprint density at radius 1 is 1.08 bits per heavy atom. The second kappa shape index (κ2) is 8.54.